The molecule has 2 aliphatic rings. The third kappa shape index (κ3) is 3.07. The predicted octanol–water partition coefficient (Wildman–Crippen LogP) is 1.70. The van der Waals surface area contributed by atoms with Crippen molar-refractivity contribution in [2.24, 2.45) is 0 Å². The van der Waals surface area contributed by atoms with Crippen molar-refractivity contribution < 1.29 is 13.2 Å². The van der Waals surface area contributed by atoms with Crippen LogP contribution in [-0.4, -0.2) is 36.3 Å². The third-order valence-electron chi connectivity index (χ3n) is 3.62. The van der Waals surface area contributed by atoms with Crippen LogP contribution in [0.4, 0.5) is 0 Å². The van der Waals surface area contributed by atoms with Crippen molar-refractivity contribution in [3.63, 3.8) is 0 Å². The summed E-state index contributed by atoms with van der Waals surface area (Å²) >= 11 is 0. The van der Waals surface area contributed by atoms with Crippen molar-refractivity contribution in [1.82, 2.24) is 4.31 Å². The molecule has 0 aromatic heterocycles. The summed E-state index contributed by atoms with van der Waals surface area (Å²) in [5, 5.41) is -0.157. The lowest BCUT2D eigenvalue weighted by Crippen LogP contribution is -2.42. The van der Waals surface area contributed by atoms with Gasteiger partial charge in [0.15, 0.2) is 0 Å². The Kier molecular flexibility index (Phi) is 3.88. The first-order valence-electron chi connectivity index (χ1n) is 6.52. The van der Waals surface area contributed by atoms with Crippen LogP contribution in [0.2, 0.25) is 0 Å². The van der Waals surface area contributed by atoms with Gasteiger partial charge in [0.1, 0.15) is 5.78 Å². The number of Topliss-reactive ketones (excluding diaryl/α,β-unsaturated/α-hetero) is 1. The second-order valence-corrected chi connectivity index (χ2v) is 7.43. The maximum Gasteiger partial charge on any atom is 0.217 e. The average molecular weight is 259 g/mol. The van der Waals surface area contributed by atoms with E-state index in [1.165, 1.54) is 0 Å². The van der Waals surface area contributed by atoms with Crippen molar-refractivity contribution in [1.29, 1.82) is 0 Å². The molecule has 2 rings (SSSR count). The summed E-state index contributed by atoms with van der Waals surface area (Å²) in [4.78, 5) is 11.3. The predicted molar refractivity (Wildman–Crippen MR) is 66.2 cm³/mol. The van der Waals surface area contributed by atoms with Crippen LogP contribution in [0.5, 0.6) is 0 Å². The molecule has 0 aromatic rings. The van der Waals surface area contributed by atoms with E-state index in [0.29, 0.717) is 13.0 Å². The number of carbonyl (C=O) groups excluding carboxylic acids is 1. The Morgan fingerprint density at radius 3 is 2.47 bits per heavy atom. The molecule has 0 spiro atoms. The normalized spacial score (nSPS) is 27.7. The van der Waals surface area contributed by atoms with E-state index < -0.39 is 10.0 Å². The summed E-state index contributed by atoms with van der Waals surface area (Å²) in [6, 6.07) is -0.0828. The Bertz CT molecular complexity index is 387. The van der Waals surface area contributed by atoms with E-state index in [1.807, 2.05) is 0 Å². The molecule has 17 heavy (non-hydrogen) atoms. The molecule has 1 unspecified atom stereocenters. The lowest BCUT2D eigenvalue weighted by Gasteiger charge is -2.28. The van der Waals surface area contributed by atoms with E-state index in [0.717, 1.165) is 38.5 Å². The van der Waals surface area contributed by atoms with Gasteiger partial charge in [0, 0.05) is 19.0 Å². The zero-order valence-electron chi connectivity index (χ0n) is 10.4. The quantitative estimate of drug-likeness (QED) is 0.772. The van der Waals surface area contributed by atoms with Crippen molar-refractivity contribution in [3.05, 3.63) is 0 Å². The topological polar surface area (TPSA) is 54.5 Å². The first-order chi connectivity index (χ1) is 8.01. The second-order valence-electron chi connectivity index (χ2n) is 5.26. The summed E-state index contributed by atoms with van der Waals surface area (Å²) in [7, 11) is -3.13. The van der Waals surface area contributed by atoms with Crippen LogP contribution < -0.4 is 0 Å². The molecule has 0 aromatic carbocycles. The second kappa shape index (κ2) is 5.06. The lowest BCUT2D eigenvalue weighted by atomic mass is 10.1. The number of ketones is 1. The largest absolute Gasteiger partial charge is 0.300 e. The van der Waals surface area contributed by atoms with Gasteiger partial charge in [-0.05, 0) is 32.6 Å². The van der Waals surface area contributed by atoms with E-state index >= 15 is 0 Å². The summed E-state index contributed by atoms with van der Waals surface area (Å²) in [5.41, 5.74) is 0. The minimum Gasteiger partial charge on any atom is -0.300 e. The van der Waals surface area contributed by atoms with Crippen molar-refractivity contribution in [2.45, 2.75) is 63.2 Å². The first-order valence-corrected chi connectivity index (χ1v) is 8.02. The number of hydrogen-bond donors (Lipinski definition) is 0. The van der Waals surface area contributed by atoms with Gasteiger partial charge in [-0.15, -0.1) is 0 Å². The molecule has 4 nitrogen and oxygen atoms in total. The van der Waals surface area contributed by atoms with Gasteiger partial charge in [-0.3, -0.25) is 4.79 Å². The molecular formula is C12H21NO3S. The van der Waals surface area contributed by atoms with Crippen LogP contribution >= 0.6 is 0 Å². The molecule has 0 bridgehead atoms. The van der Waals surface area contributed by atoms with Crippen molar-refractivity contribution in [3.8, 4) is 0 Å². The number of nitrogens with zero attached hydrogens (tertiary/aromatic N) is 1. The maximum atomic E-state index is 12.3. The fourth-order valence-corrected chi connectivity index (χ4v) is 4.67. The smallest absolute Gasteiger partial charge is 0.217 e. The lowest BCUT2D eigenvalue weighted by molar-refractivity contribution is -0.117. The van der Waals surface area contributed by atoms with E-state index in [1.54, 1.807) is 11.2 Å². The Morgan fingerprint density at radius 2 is 1.88 bits per heavy atom. The molecular weight excluding hydrogens is 238 g/mol. The highest BCUT2D eigenvalue weighted by atomic mass is 32.2. The highest BCUT2D eigenvalue weighted by molar-refractivity contribution is 7.90. The fraction of sp³-hybridized carbons (Fsp3) is 0.917. The van der Waals surface area contributed by atoms with Gasteiger partial charge in [-0.1, -0.05) is 12.8 Å². The highest BCUT2D eigenvalue weighted by Gasteiger charge is 2.42. The van der Waals surface area contributed by atoms with Crippen LogP contribution in [0.25, 0.3) is 0 Å². The zero-order valence-corrected chi connectivity index (χ0v) is 11.2. The van der Waals surface area contributed by atoms with Crippen molar-refractivity contribution >= 4 is 15.8 Å². The minimum atomic E-state index is -3.13. The highest BCUT2D eigenvalue weighted by Crippen LogP contribution is 2.34. The monoisotopic (exact) mass is 259 g/mol. The van der Waals surface area contributed by atoms with E-state index in [4.69, 9.17) is 0 Å². The van der Waals surface area contributed by atoms with Crippen LogP contribution in [0.1, 0.15) is 51.9 Å². The summed E-state index contributed by atoms with van der Waals surface area (Å²) in [5.74, 6) is 0.0906. The van der Waals surface area contributed by atoms with Crippen LogP contribution in [0, 0.1) is 0 Å². The van der Waals surface area contributed by atoms with Gasteiger partial charge >= 0.3 is 0 Å². The Hall–Kier alpha value is -0.420. The van der Waals surface area contributed by atoms with Gasteiger partial charge in [-0.2, -0.15) is 4.31 Å². The number of rotatable bonds is 4. The van der Waals surface area contributed by atoms with Gasteiger partial charge in [0.2, 0.25) is 10.0 Å². The minimum absolute atomic E-state index is 0.0828. The van der Waals surface area contributed by atoms with Gasteiger partial charge in [-0.25, -0.2) is 8.42 Å². The maximum absolute atomic E-state index is 12.3. The number of hydrogen-bond acceptors (Lipinski definition) is 3. The molecule has 98 valence electrons. The summed E-state index contributed by atoms with van der Waals surface area (Å²) < 4.78 is 26.3. The van der Waals surface area contributed by atoms with E-state index in [-0.39, 0.29) is 17.1 Å². The van der Waals surface area contributed by atoms with Crippen LogP contribution in [0.3, 0.4) is 0 Å². The molecule has 0 radical (unpaired) electrons. The standard InChI is InChI=1S/C12H21NO3S/c1-10(14)9-11-5-3-2-4-8-13(11)17(15,16)12-6-7-12/h11-12H,2-9H2,1H3. The first kappa shape index (κ1) is 13.0. The molecule has 1 heterocycles. The molecule has 2 fully saturated rings. The van der Waals surface area contributed by atoms with E-state index in [2.05, 4.69) is 0 Å². The average Bonchev–Trinajstić information content (AvgIpc) is 3.03. The summed E-state index contributed by atoms with van der Waals surface area (Å²) in [6.07, 6.45) is 5.86. The van der Waals surface area contributed by atoms with E-state index in [9.17, 15) is 13.2 Å². The third-order valence-corrected chi connectivity index (χ3v) is 6.07. The molecule has 1 saturated carbocycles. The molecule has 1 aliphatic heterocycles. The Morgan fingerprint density at radius 1 is 1.18 bits per heavy atom. The molecule has 0 amide bonds. The fourth-order valence-electron chi connectivity index (χ4n) is 2.58. The SMILES string of the molecule is CC(=O)CC1CCCCCN1S(=O)(=O)C1CC1. The number of carbonyl (C=O) groups is 1. The number of sulfonamides is 1. The molecule has 5 heteroatoms. The Labute approximate surface area is 103 Å². The Balaban J connectivity index is 2.16. The van der Waals surface area contributed by atoms with Gasteiger partial charge < -0.3 is 0 Å². The molecule has 1 aliphatic carbocycles. The summed E-state index contributed by atoms with van der Waals surface area (Å²) in [6.45, 7) is 2.16. The van der Waals surface area contributed by atoms with Crippen LogP contribution in [0.15, 0.2) is 0 Å². The molecule has 1 saturated heterocycles. The molecule has 1 atom stereocenters. The van der Waals surface area contributed by atoms with Crippen molar-refractivity contribution in [2.75, 3.05) is 6.54 Å². The van der Waals surface area contributed by atoms with Crippen LogP contribution in [-0.2, 0) is 14.8 Å². The zero-order chi connectivity index (χ0) is 12.5. The van der Waals surface area contributed by atoms with Gasteiger partial charge in [0.05, 0.1) is 5.25 Å². The van der Waals surface area contributed by atoms with Gasteiger partial charge in [0.25, 0.3) is 0 Å². The molecule has 0 N–H and O–H groups in total.